The third kappa shape index (κ3) is 3.97. The van der Waals surface area contributed by atoms with Gasteiger partial charge in [0.1, 0.15) is 5.60 Å². The molecule has 0 amide bonds. The molecule has 3 aliphatic heterocycles. The predicted molar refractivity (Wildman–Crippen MR) is 92.9 cm³/mol. The van der Waals surface area contributed by atoms with Crippen molar-refractivity contribution in [2.24, 2.45) is 0 Å². The maximum absolute atomic E-state index is 6.58. The van der Waals surface area contributed by atoms with Gasteiger partial charge in [-0.1, -0.05) is 6.07 Å². The number of hydrogen-bond donors (Lipinski definition) is 0. The Morgan fingerprint density at radius 2 is 2.13 bits per heavy atom. The topological polar surface area (TPSA) is 24.9 Å². The number of ether oxygens (including phenoxy) is 2. The lowest BCUT2D eigenvalue weighted by atomic mass is 10.00. The van der Waals surface area contributed by atoms with Crippen LogP contribution >= 0.6 is 11.3 Å². The highest BCUT2D eigenvalue weighted by Crippen LogP contribution is 2.34. The average Bonchev–Trinajstić information content (AvgIpc) is 3.25. The van der Waals surface area contributed by atoms with Gasteiger partial charge in [-0.25, -0.2) is 0 Å². The van der Waals surface area contributed by atoms with E-state index < -0.39 is 0 Å². The van der Waals surface area contributed by atoms with Crippen LogP contribution < -0.4 is 0 Å². The number of rotatable bonds is 4. The molecule has 1 spiro atoms. The van der Waals surface area contributed by atoms with Gasteiger partial charge in [-0.05, 0) is 50.2 Å². The fourth-order valence-corrected chi connectivity index (χ4v) is 4.99. The third-order valence-corrected chi connectivity index (χ3v) is 6.25. The largest absolute Gasteiger partial charge is 0.377 e. The smallest absolute Gasteiger partial charge is 0.105 e. The summed E-state index contributed by atoms with van der Waals surface area (Å²) < 4.78 is 12.5. The molecular weight excluding hydrogens is 308 g/mol. The van der Waals surface area contributed by atoms with Gasteiger partial charge in [-0.3, -0.25) is 4.90 Å². The lowest BCUT2D eigenvalue weighted by molar-refractivity contribution is -0.0913. The number of nitrogens with zero attached hydrogens (tertiary/aromatic N) is 2. The van der Waals surface area contributed by atoms with Gasteiger partial charge >= 0.3 is 0 Å². The predicted octanol–water partition coefficient (Wildman–Crippen LogP) is 2.59. The van der Waals surface area contributed by atoms with Gasteiger partial charge in [-0.2, -0.15) is 0 Å². The van der Waals surface area contributed by atoms with Gasteiger partial charge in [0.2, 0.25) is 0 Å². The molecule has 0 aliphatic carbocycles. The van der Waals surface area contributed by atoms with Crippen LogP contribution in [-0.2, 0) is 16.0 Å². The van der Waals surface area contributed by atoms with E-state index in [0.717, 1.165) is 45.8 Å². The Morgan fingerprint density at radius 3 is 2.96 bits per heavy atom. The first-order valence-electron chi connectivity index (χ1n) is 9.04. The van der Waals surface area contributed by atoms with Gasteiger partial charge in [0.05, 0.1) is 19.3 Å². The van der Waals surface area contributed by atoms with Gasteiger partial charge in [-0.15, -0.1) is 11.3 Å². The molecule has 1 aromatic rings. The van der Waals surface area contributed by atoms with Crippen LogP contribution in [0.15, 0.2) is 17.5 Å². The first-order chi connectivity index (χ1) is 11.3. The summed E-state index contributed by atoms with van der Waals surface area (Å²) in [5.41, 5.74) is -0.0713. The van der Waals surface area contributed by atoms with Crippen molar-refractivity contribution in [1.82, 2.24) is 9.80 Å². The van der Waals surface area contributed by atoms with Crippen molar-refractivity contribution in [2.75, 3.05) is 45.9 Å². The molecule has 3 aliphatic rings. The summed E-state index contributed by atoms with van der Waals surface area (Å²) >= 11 is 1.85. The van der Waals surface area contributed by atoms with E-state index in [0.29, 0.717) is 6.10 Å². The Balaban J connectivity index is 1.36. The van der Waals surface area contributed by atoms with Gasteiger partial charge < -0.3 is 14.4 Å². The van der Waals surface area contributed by atoms with Gasteiger partial charge in [0.25, 0.3) is 0 Å². The summed E-state index contributed by atoms with van der Waals surface area (Å²) in [4.78, 5) is 6.54. The van der Waals surface area contributed by atoms with Crippen molar-refractivity contribution < 1.29 is 9.47 Å². The van der Waals surface area contributed by atoms with Crippen molar-refractivity contribution in [3.05, 3.63) is 22.4 Å². The van der Waals surface area contributed by atoms with Crippen LogP contribution in [-0.4, -0.2) is 67.4 Å². The molecule has 23 heavy (non-hydrogen) atoms. The van der Waals surface area contributed by atoms with E-state index in [1.54, 1.807) is 0 Å². The van der Waals surface area contributed by atoms with Crippen LogP contribution in [0.1, 0.15) is 30.6 Å². The lowest BCUT2D eigenvalue weighted by Gasteiger charge is -2.32. The highest BCUT2D eigenvalue weighted by Gasteiger charge is 2.43. The lowest BCUT2D eigenvalue weighted by Crippen LogP contribution is -2.45. The highest BCUT2D eigenvalue weighted by molar-refractivity contribution is 7.09. The summed E-state index contributed by atoms with van der Waals surface area (Å²) in [5, 5.41) is 2.16. The third-order valence-electron chi connectivity index (χ3n) is 5.39. The maximum Gasteiger partial charge on any atom is 0.105 e. The molecule has 2 atom stereocenters. The second kappa shape index (κ2) is 7.19. The van der Waals surface area contributed by atoms with Crippen molar-refractivity contribution in [1.29, 1.82) is 0 Å². The van der Waals surface area contributed by atoms with E-state index in [9.17, 15) is 0 Å². The summed E-state index contributed by atoms with van der Waals surface area (Å²) in [6.45, 7) is 8.29. The van der Waals surface area contributed by atoms with Crippen LogP contribution in [0.5, 0.6) is 0 Å². The molecule has 4 nitrogen and oxygen atoms in total. The molecule has 128 valence electrons. The van der Waals surface area contributed by atoms with Crippen LogP contribution in [0.3, 0.4) is 0 Å². The Kier molecular flexibility index (Phi) is 5.02. The molecule has 0 unspecified atom stereocenters. The summed E-state index contributed by atoms with van der Waals surface area (Å²) in [6.07, 6.45) is 5.45. The molecule has 5 heteroatoms. The normalized spacial score (nSPS) is 33.5. The van der Waals surface area contributed by atoms with Crippen molar-refractivity contribution in [3.63, 3.8) is 0 Å². The van der Waals surface area contributed by atoms with Gasteiger partial charge in [0.15, 0.2) is 0 Å². The van der Waals surface area contributed by atoms with Crippen LogP contribution in [0.25, 0.3) is 0 Å². The van der Waals surface area contributed by atoms with E-state index in [2.05, 4.69) is 27.3 Å². The fraction of sp³-hybridized carbons (Fsp3) is 0.778. The molecule has 0 saturated carbocycles. The number of hydrogen-bond acceptors (Lipinski definition) is 5. The Morgan fingerprint density at radius 1 is 1.22 bits per heavy atom. The molecule has 3 saturated heterocycles. The molecule has 4 rings (SSSR count). The molecule has 4 heterocycles. The monoisotopic (exact) mass is 336 g/mol. The zero-order valence-electron chi connectivity index (χ0n) is 13.9. The molecule has 1 aromatic heterocycles. The SMILES string of the molecule is c1csc(CN2CCOC[C@]3(CC[C@@H](CN4CCCC4)O3)C2)c1. The summed E-state index contributed by atoms with van der Waals surface area (Å²) in [6, 6.07) is 4.37. The Bertz CT molecular complexity index is 489. The zero-order valence-corrected chi connectivity index (χ0v) is 14.7. The van der Waals surface area contributed by atoms with Crippen molar-refractivity contribution >= 4 is 11.3 Å². The van der Waals surface area contributed by atoms with Crippen LogP contribution in [0.4, 0.5) is 0 Å². The highest BCUT2D eigenvalue weighted by atomic mass is 32.1. The molecule has 0 aromatic carbocycles. The van der Waals surface area contributed by atoms with Crippen molar-refractivity contribution in [3.8, 4) is 0 Å². The first-order valence-corrected chi connectivity index (χ1v) is 9.92. The number of likely N-dealkylation sites (tertiary alicyclic amines) is 1. The standard InChI is InChI=1S/C18H28N2O2S/c1-2-8-19(7-1)12-16-5-6-18(22-16)14-20(9-10-21-15-18)13-17-4-3-11-23-17/h3-4,11,16H,1-2,5-10,12-15H2/t16-,18-/m0/s1. The van der Waals surface area contributed by atoms with Crippen molar-refractivity contribution in [2.45, 2.75) is 43.9 Å². The van der Waals surface area contributed by atoms with Gasteiger partial charge in [0, 0.05) is 31.1 Å². The first kappa shape index (κ1) is 16.0. The second-order valence-electron chi connectivity index (χ2n) is 7.31. The van der Waals surface area contributed by atoms with E-state index >= 15 is 0 Å². The minimum Gasteiger partial charge on any atom is -0.377 e. The maximum atomic E-state index is 6.58. The fourth-order valence-electron chi connectivity index (χ4n) is 4.24. The summed E-state index contributed by atoms with van der Waals surface area (Å²) in [5.74, 6) is 0. The van der Waals surface area contributed by atoms with Crippen LogP contribution in [0, 0.1) is 0 Å². The Hall–Kier alpha value is -0.460. The quantitative estimate of drug-likeness (QED) is 0.844. The number of thiophene rings is 1. The molecule has 3 fully saturated rings. The van der Waals surface area contributed by atoms with E-state index in [4.69, 9.17) is 9.47 Å². The average molecular weight is 337 g/mol. The molecule has 0 N–H and O–H groups in total. The molecule has 0 bridgehead atoms. The minimum absolute atomic E-state index is 0.0713. The summed E-state index contributed by atoms with van der Waals surface area (Å²) in [7, 11) is 0. The molecule has 0 radical (unpaired) electrons. The Labute approximate surface area is 143 Å². The second-order valence-corrected chi connectivity index (χ2v) is 8.34. The van der Waals surface area contributed by atoms with E-state index in [-0.39, 0.29) is 5.60 Å². The van der Waals surface area contributed by atoms with Crippen LogP contribution in [0.2, 0.25) is 0 Å². The van der Waals surface area contributed by atoms with E-state index in [1.807, 2.05) is 11.3 Å². The zero-order chi connectivity index (χ0) is 15.5. The molecular formula is C18H28N2O2S. The minimum atomic E-state index is -0.0713. The van der Waals surface area contributed by atoms with E-state index in [1.165, 1.54) is 37.2 Å².